The molecule has 0 saturated heterocycles. The molecule has 0 radical (unpaired) electrons. The number of hydrogen-bond acceptors (Lipinski definition) is 6. The number of hydrogen-bond donors (Lipinski definition) is 0. The summed E-state index contributed by atoms with van der Waals surface area (Å²) in [6, 6.07) is 0. The van der Waals surface area contributed by atoms with E-state index in [1.165, 1.54) is 199 Å². The summed E-state index contributed by atoms with van der Waals surface area (Å²) in [4.78, 5) is 38.4. The molecule has 0 bridgehead atoms. The minimum Gasteiger partial charge on any atom is -0.462 e. The molecule has 1 unspecified atom stereocenters. The first-order chi connectivity index (χ1) is 38.5. The van der Waals surface area contributed by atoms with Gasteiger partial charge in [-0.2, -0.15) is 0 Å². The monoisotopic (exact) mass is 1090 g/mol. The van der Waals surface area contributed by atoms with E-state index in [9.17, 15) is 14.4 Å². The van der Waals surface area contributed by atoms with Crippen LogP contribution in [0.4, 0.5) is 0 Å². The first-order valence-electron chi connectivity index (χ1n) is 33.6. The van der Waals surface area contributed by atoms with E-state index in [0.29, 0.717) is 19.3 Å². The molecule has 1 atom stereocenters. The molecule has 6 nitrogen and oxygen atoms in total. The molecule has 78 heavy (non-hydrogen) atoms. The zero-order valence-corrected chi connectivity index (χ0v) is 51.7. The minimum absolute atomic E-state index is 0.0824. The molecule has 0 saturated carbocycles. The van der Waals surface area contributed by atoms with Crippen molar-refractivity contribution in [3.63, 3.8) is 0 Å². The van der Waals surface area contributed by atoms with Gasteiger partial charge in [0.25, 0.3) is 0 Å². The van der Waals surface area contributed by atoms with Gasteiger partial charge in [0, 0.05) is 19.3 Å². The lowest BCUT2D eigenvalue weighted by Crippen LogP contribution is -2.30. The quantitative estimate of drug-likeness (QED) is 0.0261. The molecule has 0 amide bonds. The van der Waals surface area contributed by atoms with Crippen LogP contribution >= 0.6 is 0 Å². The first kappa shape index (κ1) is 74.6. The molecule has 0 N–H and O–H groups in total. The van der Waals surface area contributed by atoms with Gasteiger partial charge in [-0.1, -0.05) is 286 Å². The second kappa shape index (κ2) is 66.1. The second-order valence-corrected chi connectivity index (χ2v) is 22.4. The van der Waals surface area contributed by atoms with Crippen molar-refractivity contribution in [3.8, 4) is 0 Å². The predicted octanol–water partition coefficient (Wildman–Crippen LogP) is 23.1. The molecule has 0 fully saturated rings. The lowest BCUT2D eigenvalue weighted by molar-refractivity contribution is -0.167. The minimum atomic E-state index is -0.787. The van der Waals surface area contributed by atoms with Gasteiger partial charge in [0.1, 0.15) is 13.2 Å². The number of unbranched alkanes of at least 4 members (excludes halogenated alkanes) is 36. The van der Waals surface area contributed by atoms with Crippen molar-refractivity contribution in [2.75, 3.05) is 13.2 Å². The summed E-state index contributed by atoms with van der Waals surface area (Å²) in [5.74, 6) is -0.889. The molecule has 450 valence electrons. The highest BCUT2D eigenvalue weighted by atomic mass is 16.6. The highest BCUT2D eigenvalue weighted by Crippen LogP contribution is 2.16. The van der Waals surface area contributed by atoms with Crippen LogP contribution in [-0.4, -0.2) is 37.2 Å². The van der Waals surface area contributed by atoms with Crippen LogP contribution < -0.4 is 0 Å². The Bertz CT molecular complexity index is 1480. The predicted molar refractivity (Wildman–Crippen MR) is 339 cm³/mol. The van der Waals surface area contributed by atoms with Gasteiger partial charge in [-0.3, -0.25) is 14.4 Å². The van der Waals surface area contributed by atoms with Gasteiger partial charge in [0.15, 0.2) is 6.10 Å². The fourth-order valence-electron chi connectivity index (χ4n) is 9.50. The summed E-state index contributed by atoms with van der Waals surface area (Å²) < 4.78 is 16.9. The van der Waals surface area contributed by atoms with Crippen molar-refractivity contribution < 1.29 is 28.6 Å². The Labute approximate surface area is 484 Å². The van der Waals surface area contributed by atoms with Gasteiger partial charge in [-0.15, -0.1) is 0 Å². The summed E-state index contributed by atoms with van der Waals surface area (Å²) in [6.45, 7) is 6.58. The maximum absolute atomic E-state index is 12.9. The summed E-state index contributed by atoms with van der Waals surface area (Å²) in [7, 11) is 0. The van der Waals surface area contributed by atoms with Crippen LogP contribution in [0.1, 0.15) is 335 Å². The van der Waals surface area contributed by atoms with Gasteiger partial charge < -0.3 is 14.2 Å². The average Bonchev–Trinajstić information content (AvgIpc) is 3.44. The van der Waals surface area contributed by atoms with Gasteiger partial charge in [-0.05, 0) is 116 Å². The number of carbonyl (C=O) groups is 3. The zero-order valence-electron chi connectivity index (χ0n) is 51.7. The molecule has 0 rings (SSSR count). The largest absolute Gasteiger partial charge is 0.462 e. The smallest absolute Gasteiger partial charge is 0.306 e. The van der Waals surface area contributed by atoms with Crippen molar-refractivity contribution in [2.45, 2.75) is 341 Å². The third-order valence-electron chi connectivity index (χ3n) is 14.6. The summed E-state index contributed by atoms with van der Waals surface area (Å²) in [5, 5.41) is 0. The summed E-state index contributed by atoms with van der Waals surface area (Å²) in [6.07, 6.45) is 87.3. The van der Waals surface area contributed by atoms with Crippen molar-refractivity contribution in [1.82, 2.24) is 0 Å². The molecular formula is C72H126O6. The summed E-state index contributed by atoms with van der Waals surface area (Å²) in [5.41, 5.74) is 0. The van der Waals surface area contributed by atoms with Crippen LogP contribution in [0, 0.1) is 0 Å². The van der Waals surface area contributed by atoms with Crippen LogP contribution in [0.15, 0.2) is 85.1 Å². The van der Waals surface area contributed by atoms with Crippen molar-refractivity contribution >= 4 is 17.9 Å². The molecular weight excluding hydrogens is 961 g/mol. The van der Waals surface area contributed by atoms with Gasteiger partial charge in [0.2, 0.25) is 0 Å². The number of rotatable bonds is 61. The Morgan fingerprint density at radius 1 is 0.256 bits per heavy atom. The van der Waals surface area contributed by atoms with Crippen molar-refractivity contribution in [1.29, 1.82) is 0 Å². The van der Waals surface area contributed by atoms with Gasteiger partial charge in [-0.25, -0.2) is 0 Å². The van der Waals surface area contributed by atoms with E-state index in [1.807, 2.05) is 0 Å². The van der Waals surface area contributed by atoms with E-state index in [1.54, 1.807) is 0 Å². The normalized spacial score (nSPS) is 12.6. The van der Waals surface area contributed by atoms with E-state index in [0.717, 1.165) is 96.3 Å². The highest BCUT2D eigenvalue weighted by molar-refractivity contribution is 5.71. The Morgan fingerprint density at radius 2 is 0.474 bits per heavy atom. The van der Waals surface area contributed by atoms with Crippen molar-refractivity contribution in [3.05, 3.63) is 85.1 Å². The number of allylic oxidation sites excluding steroid dienone is 14. The number of esters is 3. The van der Waals surface area contributed by atoms with Crippen LogP contribution in [0.25, 0.3) is 0 Å². The first-order valence-corrected chi connectivity index (χ1v) is 33.6. The Hall–Kier alpha value is -3.41. The van der Waals surface area contributed by atoms with E-state index in [4.69, 9.17) is 14.2 Å². The van der Waals surface area contributed by atoms with E-state index < -0.39 is 6.10 Å². The molecule has 6 heteroatoms. The highest BCUT2D eigenvalue weighted by Gasteiger charge is 2.19. The fourth-order valence-corrected chi connectivity index (χ4v) is 9.50. The Morgan fingerprint density at radius 3 is 0.782 bits per heavy atom. The van der Waals surface area contributed by atoms with Crippen LogP contribution in [-0.2, 0) is 28.6 Å². The summed E-state index contributed by atoms with van der Waals surface area (Å²) >= 11 is 0. The lowest BCUT2D eigenvalue weighted by atomic mass is 10.0. The molecule has 0 heterocycles. The second-order valence-electron chi connectivity index (χ2n) is 22.4. The molecule has 0 aromatic heterocycles. The van der Waals surface area contributed by atoms with E-state index in [-0.39, 0.29) is 31.1 Å². The standard InChI is InChI=1S/C72H126O6/c1-4-7-10-13-16-19-22-25-28-30-32-33-34-35-36-37-38-39-41-42-44-47-50-53-56-59-62-65-71(74)77-68-69(67-76-70(73)64-61-58-55-52-49-46-27-24-21-18-15-12-9-6-3)78-72(75)66-63-60-57-54-51-48-45-43-40-31-29-26-23-20-17-14-11-8-5-2/h15,17-18,20,22,24-27,29-30,32,34-35,69H,4-14,16,19,21,23,28,31,33,36-68H2,1-3H3/b18-15-,20-17-,25-22-,27-24-,29-26-,32-30-,35-34-. The average molecular weight is 1090 g/mol. The third kappa shape index (κ3) is 63.4. The van der Waals surface area contributed by atoms with E-state index in [2.05, 4.69) is 106 Å². The maximum atomic E-state index is 12.9. The van der Waals surface area contributed by atoms with Crippen molar-refractivity contribution in [2.24, 2.45) is 0 Å². The maximum Gasteiger partial charge on any atom is 0.306 e. The lowest BCUT2D eigenvalue weighted by Gasteiger charge is -2.18. The SMILES string of the molecule is CCCC/C=C\C/C=C\CCCCCCCC(=O)OCC(COC(=O)CCCCCCCCCCCCCC/C=C\C/C=C\C/C=C\CCCCCCC)OC(=O)CCCCCCCCCCC/C=C\C/C=C\CCCCC. The van der Waals surface area contributed by atoms with Crippen LogP contribution in [0.5, 0.6) is 0 Å². The topological polar surface area (TPSA) is 78.9 Å². The number of carbonyl (C=O) groups excluding carboxylic acids is 3. The zero-order chi connectivity index (χ0) is 56.4. The van der Waals surface area contributed by atoms with E-state index >= 15 is 0 Å². The molecule has 0 aliphatic carbocycles. The van der Waals surface area contributed by atoms with Gasteiger partial charge >= 0.3 is 17.9 Å². The number of ether oxygens (including phenoxy) is 3. The molecule has 0 aromatic rings. The fraction of sp³-hybridized carbons (Fsp3) is 0.764. The van der Waals surface area contributed by atoms with Gasteiger partial charge in [0.05, 0.1) is 0 Å². The van der Waals surface area contributed by atoms with Crippen LogP contribution in [0.3, 0.4) is 0 Å². The molecule has 0 aliphatic heterocycles. The molecule has 0 aliphatic rings. The molecule has 0 spiro atoms. The Balaban J connectivity index is 4.31. The molecule has 0 aromatic carbocycles. The van der Waals surface area contributed by atoms with Crippen LogP contribution in [0.2, 0.25) is 0 Å². The Kier molecular flexibility index (Phi) is 63.2. The third-order valence-corrected chi connectivity index (χ3v) is 14.6.